The lowest BCUT2D eigenvalue weighted by molar-refractivity contribution is -0.151. The molecule has 32 heavy (non-hydrogen) atoms. The maximum absolute atomic E-state index is 13.0. The van der Waals surface area contributed by atoms with Crippen LogP contribution in [0, 0.1) is 0 Å². The molecule has 0 saturated carbocycles. The minimum absolute atomic E-state index is 0.0705. The number of nitrogens with zero attached hydrogens (tertiary/aromatic N) is 3. The van der Waals surface area contributed by atoms with Gasteiger partial charge in [0, 0.05) is 25.3 Å². The van der Waals surface area contributed by atoms with Crippen LogP contribution in [-0.2, 0) is 9.53 Å². The molecule has 9 nitrogen and oxygen atoms in total. The first-order valence-electron chi connectivity index (χ1n) is 10.0. The van der Waals surface area contributed by atoms with Crippen molar-refractivity contribution < 1.29 is 28.6 Å². The van der Waals surface area contributed by atoms with E-state index in [9.17, 15) is 15.1 Å². The van der Waals surface area contributed by atoms with E-state index in [2.05, 4.69) is 10.1 Å². The molecule has 0 saturated heterocycles. The number of anilines is 1. The summed E-state index contributed by atoms with van der Waals surface area (Å²) >= 11 is 0. The lowest BCUT2D eigenvalue weighted by atomic mass is 10.00. The number of esters is 1. The molecule has 0 fully saturated rings. The van der Waals surface area contributed by atoms with Gasteiger partial charge in [-0.05, 0) is 62.7 Å². The molecule has 0 spiro atoms. The first kappa shape index (κ1) is 22.8. The fourth-order valence-electron chi connectivity index (χ4n) is 3.07. The number of hydrogen-bond donors (Lipinski definition) is 1. The number of ether oxygens (including phenoxy) is 3. The maximum Gasteiger partial charge on any atom is 0.420 e. The van der Waals surface area contributed by atoms with Crippen LogP contribution in [0.4, 0.5) is 5.69 Å². The smallest absolute Gasteiger partial charge is 0.420 e. The van der Waals surface area contributed by atoms with Gasteiger partial charge in [-0.2, -0.15) is 4.79 Å². The largest absolute Gasteiger partial charge is 0.454 e. The predicted octanol–water partition coefficient (Wildman–Crippen LogP) is 2.96. The highest BCUT2D eigenvalue weighted by Crippen LogP contribution is 2.34. The third-order valence-electron chi connectivity index (χ3n) is 4.64. The summed E-state index contributed by atoms with van der Waals surface area (Å²) in [7, 11) is 3.80. The van der Waals surface area contributed by atoms with Crippen LogP contribution in [0.5, 0.6) is 11.5 Å². The molecule has 0 radical (unpaired) electrons. The average molecular weight is 438 g/mol. The van der Waals surface area contributed by atoms with Gasteiger partial charge in [-0.1, -0.05) is 6.07 Å². The van der Waals surface area contributed by atoms with E-state index in [4.69, 9.17) is 14.2 Å². The maximum atomic E-state index is 13.0. The summed E-state index contributed by atoms with van der Waals surface area (Å²) in [5.41, 5.74) is 10.3. The second-order valence-corrected chi connectivity index (χ2v) is 8.45. The minimum Gasteiger partial charge on any atom is -0.454 e. The van der Waals surface area contributed by atoms with E-state index in [1.165, 1.54) is 0 Å². The summed E-state index contributed by atoms with van der Waals surface area (Å²) < 4.78 is 16.1. The minimum atomic E-state index is -1.09. The summed E-state index contributed by atoms with van der Waals surface area (Å²) in [6.07, 6.45) is 0. The molecule has 0 bridgehead atoms. The standard InChI is InChI=1S/C23H26N4O5/c1-23(2,3)32-22(29)20(26-24)19(15-8-11-17-18(12-15)31-13-30-17)25-21(28)14-6-9-16(10-7-14)27(4)5/h6-12,19H,13H2,1-5H3,(H,25,28)/t19-/m0/s1. The zero-order chi connectivity index (χ0) is 23.5. The molecule has 0 aliphatic carbocycles. The molecular formula is C23H26N4O5. The fourth-order valence-corrected chi connectivity index (χ4v) is 3.07. The lowest BCUT2D eigenvalue weighted by Crippen LogP contribution is -2.40. The molecule has 3 rings (SSSR count). The predicted molar refractivity (Wildman–Crippen MR) is 118 cm³/mol. The molecule has 1 atom stereocenters. The highest BCUT2D eigenvalue weighted by molar-refractivity contribution is 6.36. The first-order valence-corrected chi connectivity index (χ1v) is 10.0. The van der Waals surface area contributed by atoms with Crippen LogP contribution in [-0.4, -0.2) is 48.9 Å². The number of nitrogens with one attached hydrogen (secondary N) is 1. The van der Waals surface area contributed by atoms with Crippen molar-refractivity contribution in [2.75, 3.05) is 25.8 Å². The Kier molecular flexibility index (Phi) is 6.50. The highest BCUT2D eigenvalue weighted by Gasteiger charge is 2.38. The topological polar surface area (TPSA) is 114 Å². The summed E-state index contributed by atoms with van der Waals surface area (Å²) in [4.78, 5) is 30.8. The van der Waals surface area contributed by atoms with Gasteiger partial charge in [0.25, 0.3) is 5.91 Å². The van der Waals surface area contributed by atoms with Crippen molar-refractivity contribution >= 4 is 23.3 Å². The molecule has 0 aromatic heterocycles. The Labute approximate surface area is 186 Å². The van der Waals surface area contributed by atoms with Gasteiger partial charge in [0.2, 0.25) is 6.79 Å². The zero-order valence-corrected chi connectivity index (χ0v) is 18.7. The Bertz CT molecular complexity index is 1070. The van der Waals surface area contributed by atoms with Crippen molar-refractivity contribution in [1.29, 1.82) is 0 Å². The second-order valence-electron chi connectivity index (χ2n) is 8.45. The Morgan fingerprint density at radius 2 is 1.75 bits per heavy atom. The van der Waals surface area contributed by atoms with E-state index in [1.807, 2.05) is 19.0 Å². The molecule has 2 aromatic carbocycles. The van der Waals surface area contributed by atoms with Crippen molar-refractivity contribution in [3.8, 4) is 11.5 Å². The van der Waals surface area contributed by atoms with Crippen LogP contribution in [0.25, 0.3) is 5.53 Å². The molecule has 1 amide bonds. The van der Waals surface area contributed by atoms with Crippen molar-refractivity contribution in [1.82, 2.24) is 5.32 Å². The SMILES string of the molecule is CN(C)c1ccc(C(=O)N[C@H](C(=[N+]=[N-])C(=O)OC(C)(C)C)c2ccc3c(c2)OCO3)cc1. The molecule has 1 aliphatic heterocycles. The van der Waals surface area contributed by atoms with Crippen molar-refractivity contribution in [3.63, 3.8) is 0 Å². The Hall–Kier alpha value is -3.84. The Morgan fingerprint density at radius 1 is 1.09 bits per heavy atom. The normalized spacial score (nSPS) is 13.0. The number of carbonyl (C=O) groups excluding carboxylic acids is 2. The van der Waals surface area contributed by atoms with Crippen molar-refractivity contribution in [2.45, 2.75) is 32.4 Å². The lowest BCUT2D eigenvalue weighted by Gasteiger charge is -2.21. The average Bonchev–Trinajstić information content (AvgIpc) is 3.20. The van der Waals surface area contributed by atoms with Gasteiger partial charge in [-0.25, -0.2) is 4.79 Å². The number of benzene rings is 2. The Morgan fingerprint density at radius 3 is 2.34 bits per heavy atom. The summed E-state index contributed by atoms with van der Waals surface area (Å²) in [6, 6.07) is 10.8. The Balaban J connectivity index is 1.95. The molecular weight excluding hydrogens is 412 g/mol. The van der Waals surface area contributed by atoms with E-state index in [1.54, 1.807) is 63.2 Å². The number of carbonyl (C=O) groups is 2. The van der Waals surface area contributed by atoms with Crippen LogP contribution in [0.15, 0.2) is 42.5 Å². The number of hydrogen-bond acceptors (Lipinski definition) is 6. The summed E-state index contributed by atoms with van der Waals surface area (Å²) in [5, 5.41) is 2.77. The zero-order valence-electron chi connectivity index (χ0n) is 18.7. The van der Waals surface area contributed by atoms with Gasteiger partial charge in [-0.15, -0.1) is 0 Å². The monoisotopic (exact) mass is 438 g/mol. The van der Waals surface area contributed by atoms with Crippen LogP contribution < -0.4 is 19.7 Å². The first-order chi connectivity index (χ1) is 15.1. The van der Waals surface area contributed by atoms with Crippen LogP contribution in [0.2, 0.25) is 0 Å². The summed E-state index contributed by atoms with van der Waals surface area (Å²) in [5.74, 6) is -0.315. The number of rotatable bonds is 6. The summed E-state index contributed by atoms with van der Waals surface area (Å²) in [6.45, 7) is 5.15. The van der Waals surface area contributed by atoms with Gasteiger partial charge in [-0.3, -0.25) is 4.79 Å². The number of amides is 1. The van der Waals surface area contributed by atoms with Gasteiger partial charge in [0.15, 0.2) is 17.5 Å². The molecule has 1 N–H and O–H groups in total. The van der Waals surface area contributed by atoms with Gasteiger partial charge in [0.05, 0.1) is 0 Å². The van der Waals surface area contributed by atoms with E-state index in [0.29, 0.717) is 22.6 Å². The quantitative estimate of drug-likeness (QED) is 0.321. The van der Waals surface area contributed by atoms with E-state index in [-0.39, 0.29) is 12.5 Å². The van der Waals surface area contributed by atoms with Crippen LogP contribution >= 0.6 is 0 Å². The molecule has 9 heteroatoms. The third kappa shape index (κ3) is 5.25. The molecule has 2 aromatic rings. The van der Waals surface area contributed by atoms with E-state index in [0.717, 1.165) is 5.69 Å². The van der Waals surface area contributed by atoms with Gasteiger partial charge in [0.1, 0.15) is 5.60 Å². The second kappa shape index (κ2) is 9.11. The number of fused-ring (bicyclic) bond motifs is 1. The van der Waals surface area contributed by atoms with Crippen LogP contribution in [0.3, 0.4) is 0 Å². The molecule has 168 valence electrons. The van der Waals surface area contributed by atoms with Gasteiger partial charge >= 0.3 is 11.7 Å². The highest BCUT2D eigenvalue weighted by atomic mass is 16.7. The van der Waals surface area contributed by atoms with E-state index >= 15 is 0 Å². The fraction of sp³-hybridized carbons (Fsp3) is 0.348. The van der Waals surface area contributed by atoms with Crippen molar-refractivity contribution in [2.24, 2.45) is 0 Å². The van der Waals surface area contributed by atoms with Gasteiger partial charge < -0.3 is 30.0 Å². The molecule has 1 aliphatic rings. The van der Waals surface area contributed by atoms with Crippen LogP contribution in [0.1, 0.15) is 42.7 Å². The van der Waals surface area contributed by atoms with E-state index < -0.39 is 23.5 Å². The van der Waals surface area contributed by atoms with Crippen molar-refractivity contribution in [3.05, 3.63) is 59.1 Å². The third-order valence-corrected chi connectivity index (χ3v) is 4.64. The molecule has 0 unspecified atom stereocenters. The molecule has 1 heterocycles.